The zero-order chi connectivity index (χ0) is 13.8. The lowest BCUT2D eigenvalue weighted by atomic mass is 10.1. The molecule has 0 atom stereocenters. The summed E-state index contributed by atoms with van der Waals surface area (Å²) >= 11 is 0. The normalized spacial score (nSPS) is 10.4. The SMILES string of the molecule is CCOc1ccc(Nc2ccc3ccccc3c2)cc1. The van der Waals surface area contributed by atoms with Crippen LogP contribution in [0.5, 0.6) is 5.75 Å². The molecule has 0 fully saturated rings. The van der Waals surface area contributed by atoms with Gasteiger partial charge in [-0.3, -0.25) is 0 Å². The van der Waals surface area contributed by atoms with Crippen LogP contribution in [-0.2, 0) is 0 Å². The second-order valence-electron chi connectivity index (χ2n) is 4.64. The van der Waals surface area contributed by atoms with E-state index in [4.69, 9.17) is 4.74 Å². The smallest absolute Gasteiger partial charge is 0.119 e. The fourth-order valence-electron chi connectivity index (χ4n) is 2.23. The summed E-state index contributed by atoms with van der Waals surface area (Å²) in [5.41, 5.74) is 2.15. The molecule has 0 saturated heterocycles. The molecule has 0 aromatic heterocycles. The molecule has 3 rings (SSSR count). The maximum atomic E-state index is 5.44. The van der Waals surface area contributed by atoms with Crippen molar-refractivity contribution in [2.75, 3.05) is 11.9 Å². The first-order valence-corrected chi connectivity index (χ1v) is 6.84. The topological polar surface area (TPSA) is 21.3 Å². The second kappa shape index (κ2) is 5.66. The zero-order valence-corrected chi connectivity index (χ0v) is 11.5. The number of hydrogen-bond donors (Lipinski definition) is 1. The summed E-state index contributed by atoms with van der Waals surface area (Å²) in [4.78, 5) is 0. The first kappa shape index (κ1) is 12.5. The van der Waals surface area contributed by atoms with Crippen LogP contribution in [-0.4, -0.2) is 6.61 Å². The van der Waals surface area contributed by atoms with Gasteiger partial charge in [-0.2, -0.15) is 0 Å². The van der Waals surface area contributed by atoms with Crippen molar-refractivity contribution in [3.8, 4) is 5.75 Å². The Hall–Kier alpha value is -2.48. The molecule has 0 unspecified atom stereocenters. The molecule has 0 saturated carbocycles. The summed E-state index contributed by atoms with van der Waals surface area (Å²) in [5, 5.41) is 5.90. The Kier molecular flexibility index (Phi) is 3.55. The summed E-state index contributed by atoms with van der Waals surface area (Å²) in [5.74, 6) is 0.900. The van der Waals surface area contributed by atoms with E-state index in [-0.39, 0.29) is 0 Å². The number of fused-ring (bicyclic) bond motifs is 1. The van der Waals surface area contributed by atoms with Gasteiger partial charge in [0.25, 0.3) is 0 Å². The fraction of sp³-hybridized carbons (Fsp3) is 0.111. The lowest BCUT2D eigenvalue weighted by molar-refractivity contribution is 0.340. The quantitative estimate of drug-likeness (QED) is 0.716. The minimum atomic E-state index is 0.692. The van der Waals surface area contributed by atoms with Gasteiger partial charge in [0.15, 0.2) is 0 Å². The van der Waals surface area contributed by atoms with Gasteiger partial charge in [0.05, 0.1) is 6.61 Å². The van der Waals surface area contributed by atoms with E-state index in [9.17, 15) is 0 Å². The largest absolute Gasteiger partial charge is 0.494 e. The predicted octanol–water partition coefficient (Wildman–Crippen LogP) is 4.98. The summed E-state index contributed by atoms with van der Waals surface area (Å²) in [6.07, 6.45) is 0. The van der Waals surface area contributed by atoms with Gasteiger partial charge in [-0.05, 0) is 54.1 Å². The van der Waals surface area contributed by atoms with Gasteiger partial charge in [-0.1, -0.05) is 30.3 Å². The first-order valence-electron chi connectivity index (χ1n) is 6.84. The molecule has 0 aliphatic carbocycles. The van der Waals surface area contributed by atoms with Gasteiger partial charge in [-0.15, -0.1) is 0 Å². The predicted molar refractivity (Wildman–Crippen MR) is 84.8 cm³/mol. The number of rotatable bonds is 4. The van der Waals surface area contributed by atoms with Crippen molar-refractivity contribution < 1.29 is 4.74 Å². The number of anilines is 2. The Bertz CT molecular complexity index is 704. The van der Waals surface area contributed by atoms with Crippen molar-refractivity contribution in [2.45, 2.75) is 6.92 Å². The Morgan fingerprint density at radius 3 is 2.25 bits per heavy atom. The molecule has 0 spiro atoms. The molecule has 3 aromatic rings. The standard InChI is InChI=1S/C18H17NO/c1-2-20-18-11-9-16(10-12-18)19-17-8-7-14-5-3-4-6-15(14)13-17/h3-13,19H,2H2,1H3. The van der Waals surface area contributed by atoms with Gasteiger partial charge >= 0.3 is 0 Å². The van der Waals surface area contributed by atoms with Crippen LogP contribution in [0.15, 0.2) is 66.7 Å². The van der Waals surface area contributed by atoms with Gasteiger partial charge in [-0.25, -0.2) is 0 Å². The second-order valence-corrected chi connectivity index (χ2v) is 4.64. The summed E-state index contributed by atoms with van der Waals surface area (Å²) in [6.45, 7) is 2.68. The van der Waals surface area contributed by atoms with Crippen molar-refractivity contribution in [1.29, 1.82) is 0 Å². The van der Waals surface area contributed by atoms with Crippen LogP contribution in [0.25, 0.3) is 10.8 Å². The molecule has 0 radical (unpaired) electrons. The maximum Gasteiger partial charge on any atom is 0.119 e. The molecule has 20 heavy (non-hydrogen) atoms. The molecule has 3 aromatic carbocycles. The van der Waals surface area contributed by atoms with E-state index in [2.05, 4.69) is 47.8 Å². The molecule has 0 aliphatic heterocycles. The van der Waals surface area contributed by atoms with Gasteiger partial charge in [0.1, 0.15) is 5.75 Å². The first-order chi connectivity index (χ1) is 9.85. The summed E-state index contributed by atoms with van der Waals surface area (Å²) in [6, 6.07) is 22.8. The Morgan fingerprint density at radius 2 is 1.50 bits per heavy atom. The van der Waals surface area contributed by atoms with E-state index >= 15 is 0 Å². The fourth-order valence-corrected chi connectivity index (χ4v) is 2.23. The van der Waals surface area contributed by atoms with Crippen molar-refractivity contribution in [3.63, 3.8) is 0 Å². The molecule has 2 heteroatoms. The van der Waals surface area contributed by atoms with Crippen LogP contribution < -0.4 is 10.1 Å². The molecule has 0 bridgehead atoms. The highest BCUT2D eigenvalue weighted by atomic mass is 16.5. The van der Waals surface area contributed by atoms with Crippen LogP contribution in [0.1, 0.15) is 6.92 Å². The Morgan fingerprint density at radius 1 is 0.800 bits per heavy atom. The van der Waals surface area contributed by atoms with E-state index in [0.29, 0.717) is 6.61 Å². The van der Waals surface area contributed by atoms with Crippen LogP contribution in [0.2, 0.25) is 0 Å². The summed E-state index contributed by atoms with van der Waals surface area (Å²) < 4.78 is 5.44. The minimum absolute atomic E-state index is 0.692. The molecule has 100 valence electrons. The average Bonchev–Trinajstić information content (AvgIpc) is 2.49. The third kappa shape index (κ3) is 2.75. The molecule has 1 N–H and O–H groups in total. The number of hydrogen-bond acceptors (Lipinski definition) is 2. The highest BCUT2D eigenvalue weighted by Gasteiger charge is 1.98. The van der Waals surface area contributed by atoms with E-state index in [1.54, 1.807) is 0 Å². The van der Waals surface area contributed by atoms with Crippen LogP contribution in [0.3, 0.4) is 0 Å². The van der Waals surface area contributed by atoms with Crippen LogP contribution >= 0.6 is 0 Å². The monoisotopic (exact) mass is 263 g/mol. The average molecular weight is 263 g/mol. The molecule has 0 aliphatic rings. The molecule has 0 heterocycles. The van der Waals surface area contributed by atoms with E-state index in [0.717, 1.165) is 17.1 Å². The van der Waals surface area contributed by atoms with Crippen molar-refractivity contribution in [3.05, 3.63) is 66.7 Å². The number of benzene rings is 3. The Balaban J connectivity index is 1.81. The molecular formula is C18H17NO. The number of ether oxygens (including phenoxy) is 1. The van der Waals surface area contributed by atoms with Gasteiger partial charge < -0.3 is 10.1 Å². The maximum absolute atomic E-state index is 5.44. The summed E-state index contributed by atoms with van der Waals surface area (Å²) in [7, 11) is 0. The van der Waals surface area contributed by atoms with Gasteiger partial charge in [0, 0.05) is 11.4 Å². The molecule has 0 amide bonds. The lowest BCUT2D eigenvalue weighted by Crippen LogP contribution is -1.93. The zero-order valence-electron chi connectivity index (χ0n) is 11.5. The van der Waals surface area contributed by atoms with Crippen molar-refractivity contribution in [2.24, 2.45) is 0 Å². The number of nitrogens with one attached hydrogen (secondary N) is 1. The van der Waals surface area contributed by atoms with Crippen molar-refractivity contribution >= 4 is 22.1 Å². The Labute approximate surface area is 119 Å². The lowest BCUT2D eigenvalue weighted by Gasteiger charge is -2.09. The van der Waals surface area contributed by atoms with E-state index in [1.165, 1.54) is 10.8 Å². The molecule has 2 nitrogen and oxygen atoms in total. The van der Waals surface area contributed by atoms with Gasteiger partial charge in [0.2, 0.25) is 0 Å². The van der Waals surface area contributed by atoms with Crippen LogP contribution in [0.4, 0.5) is 11.4 Å². The minimum Gasteiger partial charge on any atom is -0.494 e. The molecular weight excluding hydrogens is 246 g/mol. The third-order valence-corrected chi connectivity index (χ3v) is 3.20. The van der Waals surface area contributed by atoms with Crippen molar-refractivity contribution in [1.82, 2.24) is 0 Å². The highest BCUT2D eigenvalue weighted by Crippen LogP contribution is 2.23. The van der Waals surface area contributed by atoms with E-state index in [1.807, 2.05) is 31.2 Å². The highest BCUT2D eigenvalue weighted by molar-refractivity contribution is 5.86. The van der Waals surface area contributed by atoms with Crippen LogP contribution in [0, 0.1) is 0 Å². The third-order valence-electron chi connectivity index (χ3n) is 3.20. The van der Waals surface area contributed by atoms with E-state index < -0.39 is 0 Å².